The zero-order valence-corrected chi connectivity index (χ0v) is 13.6. The van der Waals surface area contributed by atoms with E-state index in [1.807, 2.05) is 44.4 Å². The maximum absolute atomic E-state index is 9.00. The van der Waals surface area contributed by atoms with Gasteiger partial charge < -0.3 is 4.90 Å². The molecule has 2 aromatic carbocycles. The Morgan fingerprint density at radius 1 is 0.958 bits per heavy atom. The molecule has 118 valence electrons. The highest BCUT2D eigenvalue weighted by molar-refractivity contribution is 5.72. The Kier molecular flexibility index (Phi) is 4.39. The van der Waals surface area contributed by atoms with Crippen LogP contribution in [0.2, 0.25) is 0 Å². The molecule has 5 heteroatoms. The highest BCUT2D eigenvalue weighted by Crippen LogP contribution is 2.20. The minimum Gasteiger partial charge on any atom is -0.378 e. The fourth-order valence-electron chi connectivity index (χ4n) is 2.34. The van der Waals surface area contributed by atoms with Crippen molar-refractivity contribution in [2.45, 2.75) is 0 Å². The molecule has 0 aliphatic carbocycles. The third kappa shape index (κ3) is 3.33. The van der Waals surface area contributed by atoms with E-state index in [1.54, 1.807) is 0 Å². The predicted octanol–water partition coefficient (Wildman–Crippen LogP) is 3.58. The molecule has 0 spiro atoms. The first kappa shape index (κ1) is 15.5. The van der Waals surface area contributed by atoms with Crippen LogP contribution >= 0.6 is 0 Å². The fraction of sp³-hybridized carbons (Fsp3) is 0.105. The summed E-state index contributed by atoms with van der Waals surface area (Å²) in [4.78, 5) is 2.08. The number of hydrogen-bond donors (Lipinski definition) is 1. The van der Waals surface area contributed by atoms with Crippen LogP contribution in [0.4, 0.5) is 5.69 Å². The molecule has 0 radical (unpaired) electrons. The molecule has 0 unspecified atom stereocenters. The Labute approximate surface area is 140 Å². The quantitative estimate of drug-likeness (QED) is 0.747. The first-order valence-corrected chi connectivity index (χ1v) is 7.54. The van der Waals surface area contributed by atoms with Gasteiger partial charge in [0.1, 0.15) is 11.8 Å². The topological polar surface area (TPSA) is 68.6 Å². The van der Waals surface area contributed by atoms with Crippen molar-refractivity contribution >= 4 is 17.8 Å². The van der Waals surface area contributed by atoms with Gasteiger partial charge in [0.2, 0.25) is 0 Å². The molecule has 1 N–H and O–H groups in total. The largest absolute Gasteiger partial charge is 0.378 e. The molecule has 0 aliphatic rings. The van der Waals surface area contributed by atoms with Gasteiger partial charge in [-0.3, -0.25) is 5.10 Å². The van der Waals surface area contributed by atoms with Crippen molar-refractivity contribution in [3.63, 3.8) is 0 Å². The molecule has 0 fully saturated rings. The van der Waals surface area contributed by atoms with Gasteiger partial charge in [0.15, 0.2) is 5.69 Å². The van der Waals surface area contributed by atoms with Gasteiger partial charge in [-0.2, -0.15) is 5.26 Å². The van der Waals surface area contributed by atoms with Crippen molar-refractivity contribution in [1.82, 2.24) is 15.4 Å². The van der Waals surface area contributed by atoms with E-state index in [4.69, 9.17) is 5.26 Å². The zero-order valence-electron chi connectivity index (χ0n) is 13.6. The number of nitrogens with one attached hydrogen (secondary N) is 1. The van der Waals surface area contributed by atoms with E-state index in [9.17, 15) is 0 Å². The van der Waals surface area contributed by atoms with Crippen LogP contribution in [0, 0.1) is 11.3 Å². The van der Waals surface area contributed by atoms with E-state index in [0.29, 0.717) is 11.4 Å². The molecule has 3 rings (SSSR count). The summed E-state index contributed by atoms with van der Waals surface area (Å²) in [6.45, 7) is 0. The molecule has 0 aliphatic heterocycles. The Bertz CT molecular complexity index is 881. The van der Waals surface area contributed by atoms with Gasteiger partial charge >= 0.3 is 0 Å². The van der Waals surface area contributed by atoms with Crippen LogP contribution in [-0.4, -0.2) is 29.5 Å². The SMILES string of the molecule is CN(C)c1ccc(C=Cc2ccc(-c3[nH]nnc3C#N)cc2)cc1. The smallest absolute Gasteiger partial charge is 0.190 e. The van der Waals surface area contributed by atoms with E-state index < -0.39 is 0 Å². The maximum atomic E-state index is 9.00. The third-order valence-corrected chi connectivity index (χ3v) is 3.73. The molecular weight excluding hydrogens is 298 g/mol. The molecule has 1 heterocycles. The molecule has 0 saturated heterocycles. The molecular formula is C19H17N5. The average Bonchev–Trinajstić information content (AvgIpc) is 3.09. The standard InChI is InChI=1S/C19H17N5/c1-24(2)17-11-7-15(8-12-17)4-3-14-5-9-16(10-6-14)19-18(13-20)21-23-22-19/h3-12H,1-2H3,(H,21,22,23). The number of rotatable bonds is 4. The van der Waals surface area contributed by atoms with Crippen molar-refractivity contribution in [3.05, 3.63) is 65.4 Å². The second-order valence-corrected chi connectivity index (χ2v) is 5.59. The van der Waals surface area contributed by atoms with E-state index in [0.717, 1.165) is 16.7 Å². The first-order chi connectivity index (χ1) is 11.7. The number of benzene rings is 2. The lowest BCUT2D eigenvalue weighted by atomic mass is 10.1. The van der Waals surface area contributed by atoms with Gasteiger partial charge in [0.25, 0.3) is 0 Å². The normalized spacial score (nSPS) is 10.7. The summed E-state index contributed by atoms with van der Waals surface area (Å²) in [5.41, 5.74) is 5.25. The second kappa shape index (κ2) is 6.80. The van der Waals surface area contributed by atoms with E-state index in [2.05, 4.69) is 56.7 Å². The molecule has 1 aromatic heterocycles. The van der Waals surface area contributed by atoms with Crippen molar-refractivity contribution in [2.75, 3.05) is 19.0 Å². The molecule has 0 atom stereocenters. The molecule has 3 aromatic rings. The molecule has 0 saturated carbocycles. The molecule has 0 amide bonds. The monoisotopic (exact) mass is 315 g/mol. The summed E-state index contributed by atoms with van der Waals surface area (Å²) in [6, 6.07) is 18.3. The zero-order chi connectivity index (χ0) is 16.9. The van der Waals surface area contributed by atoms with Crippen LogP contribution in [-0.2, 0) is 0 Å². The average molecular weight is 315 g/mol. The Hall–Kier alpha value is -3.39. The lowest BCUT2D eigenvalue weighted by molar-refractivity contribution is 0.937. The number of aromatic nitrogens is 3. The molecule has 0 bridgehead atoms. The van der Waals surface area contributed by atoms with E-state index >= 15 is 0 Å². The molecule has 24 heavy (non-hydrogen) atoms. The number of anilines is 1. The summed E-state index contributed by atoms with van der Waals surface area (Å²) >= 11 is 0. The lowest BCUT2D eigenvalue weighted by Crippen LogP contribution is -2.07. The van der Waals surface area contributed by atoms with Gasteiger partial charge in [-0.25, -0.2) is 0 Å². The van der Waals surface area contributed by atoms with Crippen LogP contribution in [0.15, 0.2) is 48.5 Å². The van der Waals surface area contributed by atoms with Crippen LogP contribution in [0.3, 0.4) is 0 Å². The number of hydrogen-bond acceptors (Lipinski definition) is 4. The highest BCUT2D eigenvalue weighted by atomic mass is 15.3. The van der Waals surface area contributed by atoms with Crippen molar-refractivity contribution < 1.29 is 0 Å². The van der Waals surface area contributed by atoms with Gasteiger partial charge in [0.05, 0.1) is 0 Å². The van der Waals surface area contributed by atoms with Crippen LogP contribution in [0.5, 0.6) is 0 Å². The summed E-state index contributed by atoms with van der Waals surface area (Å²) in [5.74, 6) is 0. The minimum atomic E-state index is 0.305. The Balaban J connectivity index is 1.75. The number of aromatic amines is 1. The predicted molar refractivity (Wildman–Crippen MR) is 96.2 cm³/mol. The van der Waals surface area contributed by atoms with Gasteiger partial charge in [-0.1, -0.05) is 53.8 Å². The second-order valence-electron chi connectivity index (χ2n) is 5.59. The number of nitriles is 1. The molecule has 5 nitrogen and oxygen atoms in total. The minimum absolute atomic E-state index is 0.305. The van der Waals surface area contributed by atoms with Gasteiger partial charge in [-0.15, -0.1) is 5.10 Å². The first-order valence-electron chi connectivity index (χ1n) is 7.54. The lowest BCUT2D eigenvalue weighted by Gasteiger charge is -2.11. The van der Waals surface area contributed by atoms with E-state index in [1.165, 1.54) is 5.69 Å². The summed E-state index contributed by atoms with van der Waals surface area (Å²) in [7, 11) is 4.05. The van der Waals surface area contributed by atoms with Gasteiger partial charge in [0, 0.05) is 25.3 Å². The third-order valence-electron chi connectivity index (χ3n) is 3.73. The van der Waals surface area contributed by atoms with Crippen molar-refractivity contribution in [2.24, 2.45) is 0 Å². The number of H-pyrrole nitrogens is 1. The number of nitrogens with zero attached hydrogens (tertiary/aromatic N) is 4. The Morgan fingerprint density at radius 2 is 1.54 bits per heavy atom. The van der Waals surface area contributed by atoms with E-state index in [-0.39, 0.29) is 0 Å². The maximum Gasteiger partial charge on any atom is 0.190 e. The van der Waals surface area contributed by atoms with Crippen LogP contribution in [0.25, 0.3) is 23.4 Å². The van der Waals surface area contributed by atoms with Crippen LogP contribution in [0.1, 0.15) is 16.8 Å². The fourth-order valence-corrected chi connectivity index (χ4v) is 2.34. The van der Waals surface area contributed by atoms with Crippen molar-refractivity contribution in [1.29, 1.82) is 5.26 Å². The van der Waals surface area contributed by atoms with Gasteiger partial charge in [-0.05, 0) is 23.3 Å². The summed E-state index contributed by atoms with van der Waals surface area (Å²) in [6.07, 6.45) is 4.14. The highest BCUT2D eigenvalue weighted by Gasteiger charge is 2.07. The Morgan fingerprint density at radius 3 is 2.08 bits per heavy atom. The summed E-state index contributed by atoms with van der Waals surface area (Å²) in [5, 5.41) is 19.2. The van der Waals surface area contributed by atoms with Crippen molar-refractivity contribution in [3.8, 4) is 17.3 Å². The van der Waals surface area contributed by atoms with Crippen LogP contribution < -0.4 is 4.90 Å². The summed E-state index contributed by atoms with van der Waals surface area (Å²) < 4.78 is 0.